The Morgan fingerprint density at radius 1 is 1.44 bits per heavy atom. The lowest BCUT2D eigenvalue weighted by Gasteiger charge is -2.22. The van der Waals surface area contributed by atoms with Crippen molar-refractivity contribution in [3.63, 3.8) is 0 Å². The van der Waals surface area contributed by atoms with E-state index in [-0.39, 0.29) is 23.9 Å². The van der Waals surface area contributed by atoms with Crippen LogP contribution in [0.1, 0.15) is 24.9 Å². The zero-order chi connectivity index (χ0) is 11.7. The van der Waals surface area contributed by atoms with Gasteiger partial charge in [0.05, 0.1) is 6.42 Å². The molecule has 1 fully saturated rings. The molecule has 1 atom stereocenters. The number of ketones is 1. The van der Waals surface area contributed by atoms with E-state index in [1.807, 2.05) is 6.92 Å². The van der Waals surface area contributed by atoms with Crippen molar-refractivity contribution < 1.29 is 14.7 Å². The first kappa shape index (κ1) is 10.7. The van der Waals surface area contributed by atoms with Gasteiger partial charge in [-0.1, -0.05) is 12.1 Å². The van der Waals surface area contributed by atoms with Crippen LogP contribution in [0.15, 0.2) is 24.3 Å². The van der Waals surface area contributed by atoms with Crippen LogP contribution in [-0.2, 0) is 9.59 Å². The Balaban J connectivity index is 2.39. The lowest BCUT2D eigenvalue weighted by Crippen LogP contribution is -2.28. The molecule has 1 heterocycles. The Morgan fingerprint density at radius 2 is 2.19 bits per heavy atom. The van der Waals surface area contributed by atoms with Gasteiger partial charge in [-0.25, -0.2) is 0 Å². The van der Waals surface area contributed by atoms with E-state index >= 15 is 0 Å². The molecule has 0 saturated carbocycles. The molecular weight excluding hydrogens is 206 g/mol. The van der Waals surface area contributed by atoms with Crippen molar-refractivity contribution in [2.24, 2.45) is 0 Å². The summed E-state index contributed by atoms with van der Waals surface area (Å²) >= 11 is 0. The molecule has 1 amide bonds. The fourth-order valence-corrected chi connectivity index (χ4v) is 2.08. The quantitative estimate of drug-likeness (QED) is 0.762. The van der Waals surface area contributed by atoms with Crippen molar-refractivity contribution in [1.29, 1.82) is 0 Å². The van der Waals surface area contributed by atoms with Gasteiger partial charge in [0.2, 0.25) is 5.91 Å². The highest BCUT2D eigenvalue weighted by Crippen LogP contribution is 2.30. The van der Waals surface area contributed by atoms with E-state index in [1.165, 1.54) is 11.0 Å². The van der Waals surface area contributed by atoms with Gasteiger partial charge in [-0.2, -0.15) is 0 Å². The highest BCUT2D eigenvalue weighted by Gasteiger charge is 2.38. The fraction of sp³-hybridized carbons (Fsp3) is 0.333. The van der Waals surface area contributed by atoms with Crippen LogP contribution in [0.3, 0.4) is 0 Å². The minimum atomic E-state index is -0.524. The van der Waals surface area contributed by atoms with E-state index < -0.39 is 6.04 Å². The van der Waals surface area contributed by atoms with Gasteiger partial charge in [0.15, 0.2) is 5.78 Å². The van der Waals surface area contributed by atoms with Gasteiger partial charge in [-0.05, 0) is 24.6 Å². The van der Waals surface area contributed by atoms with Gasteiger partial charge in [-0.15, -0.1) is 0 Å². The molecule has 1 unspecified atom stereocenters. The van der Waals surface area contributed by atoms with Gasteiger partial charge in [-0.3, -0.25) is 9.59 Å². The number of carbonyl (C=O) groups excluding carboxylic acids is 2. The van der Waals surface area contributed by atoms with Crippen molar-refractivity contribution in [2.45, 2.75) is 19.4 Å². The third-order valence-electron chi connectivity index (χ3n) is 2.79. The zero-order valence-corrected chi connectivity index (χ0v) is 9.01. The largest absolute Gasteiger partial charge is 0.508 e. The van der Waals surface area contributed by atoms with E-state index in [9.17, 15) is 14.7 Å². The van der Waals surface area contributed by atoms with E-state index in [4.69, 9.17) is 0 Å². The first-order chi connectivity index (χ1) is 7.63. The van der Waals surface area contributed by atoms with Crippen LogP contribution in [-0.4, -0.2) is 28.2 Å². The number of rotatable bonds is 2. The number of likely N-dealkylation sites (N-methyl/N-ethyl adjacent to an activating group) is 1. The summed E-state index contributed by atoms with van der Waals surface area (Å²) in [5.74, 6) is -0.126. The van der Waals surface area contributed by atoms with Crippen molar-refractivity contribution in [1.82, 2.24) is 4.90 Å². The van der Waals surface area contributed by atoms with Crippen molar-refractivity contribution in [2.75, 3.05) is 6.54 Å². The number of benzene rings is 1. The number of nitrogens with zero attached hydrogens (tertiary/aromatic N) is 1. The molecule has 4 nitrogen and oxygen atoms in total. The standard InChI is InChI=1S/C12H13NO3/c1-2-13-11(16)7-10(15)12(13)8-4-3-5-9(14)6-8/h3-6,12,14H,2,7H2,1H3. The maximum Gasteiger partial charge on any atom is 0.230 e. The fourth-order valence-electron chi connectivity index (χ4n) is 2.08. The van der Waals surface area contributed by atoms with Gasteiger partial charge in [0.25, 0.3) is 0 Å². The van der Waals surface area contributed by atoms with Crippen molar-refractivity contribution in [3.05, 3.63) is 29.8 Å². The zero-order valence-electron chi connectivity index (χ0n) is 9.01. The number of likely N-dealkylation sites (tertiary alicyclic amines) is 1. The van der Waals surface area contributed by atoms with Crippen LogP contribution < -0.4 is 0 Å². The summed E-state index contributed by atoms with van der Waals surface area (Å²) in [5.41, 5.74) is 0.678. The number of phenols is 1. The number of hydrogen-bond donors (Lipinski definition) is 1. The van der Waals surface area contributed by atoms with Crippen molar-refractivity contribution in [3.8, 4) is 5.75 Å². The highest BCUT2D eigenvalue weighted by molar-refractivity contribution is 6.07. The number of phenolic OH excluding ortho intramolecular Hbond substituents is 1. The van der Waals surface area contributed by atoms with Gasteiger partial charge in [0, 0.05) is 6.54 Å². The molecule has 1 N–H and O–H groups in total. The van der Waals surface area contributed by atoms with E-state index in [1.54, 1.807) is 18.2 Å². The molecule has 84 valence electrons. The summed E-state index contributed by atoms with van der Waals surface area (Å²) in [7, 11) is 0. The summed E-state index contributed by atoms with van der Waals surface area (Å²) in [6, 6.07) is 5.98. The van der Waals surface area contributed by atoms with Gasteiger partial charge >= 0.3 is 0 Å². The molecule has 1 aliphatic heterocycles. The average Bonchev–Trinajstić information content (AvgIpc) is 2.52. The second-order valence-corrected chi connectivity index (χ2v) is 3.82. The van der Waals surface area contributed by atoms with Crippen LogP contribution in [0.2, 0.25) is 0 Å². The van der Waals surface area contributed by atoms with Crippen LogP contribution in [0.5, 0.6) is 5.75 Å². The third-order valence-corrected chi connectivity index (χ3v) is 2.79. The second kappa shape index (κ2) is 3.96. The SMILES string of the molecule is CCN1C(=O)CC(=O)C1c1cccc(O)c1. The Bertz CT molecular complexity index is 442. The Labute approximate surface area is 93.5 Å². The molecule has 0 aromatic heterocycles. The maximum absolute atomic E-state index is 11.7. The molecule has 0 aliphatic carbocycles. The number of hydrogen-bond acceptors (Lipinski definition) is 3. The molecule has 4 heteroatoms. The molecular formula is C12H13NO3. The molecule has 16 heavy (non-hydrogen) atoms. The Hall–Kier alpha value is -1.84. The maximum atomic E-state index is 11.7. The number of aromatic hydroxyl groups is 1. The number of amides is 1. The second-order valence-electron chi connectivity index (χ2n) is 3.82. The Kier molecular flexibility index (Phi) is 2.64. The summed E-state index contributed by atoms with van der Waals surface area (Å²) in [5, 5.41) is 9.37. The first-order valence-electron chi connectivity index (χ1n) is 5.24. The average molecular weight is 219 g/mol. The summed E-state index contributed by atoms with van der Waals surface area (Å²) in [6.45, 7) is 2.34. The molecule has 1 saturated heterocycles. The molecule has 2 rings (SSSR count). The molecule has 0 spiro atoms. The lowest BCUT2D eigenvalue weighted by atomic mass is 10.0. The minimum absolute atomic E-state index is 0.0336. The topological polar surface area (TPSA) is 57.6 Å². The van der Waals surface area contributed by atoms with E-state index in [0.29, 0.717) is 12.1 Å². The molecule has 0 radical (unpaired) electrons. The predicted octanol–water partition coefficient (Wildman–Crippen LogP) is 1.25. The molecule has 1 aliphatic rings. The van der Waals surface area contributed by atoms with Crippen LogP contribution >= 0.6 is 0 Å². The number of carbonyl (C=O) groups is 2. The molecule has 1 aromatic rings. The summed E-state index contributed by atoms with van der Waals surface area (Å²) < 4.78 is 0. The van der Waals surface area contributed by atoms with Crippen LogP contribution in [0, 0.1) is 0 Å². The van der Waals surface area contributed by atoms with E-state index in [0.717, 1.165) is 0 Å². The van der Waals surface area contributed by atoms with Gasteiger partial charge < -0.3 is 10.0 Å². The molecule has 0 bridgehead atoms. The smallest absolute Gasteiger partial charge is 0.230 e. The lowest BCUT2D eigenvalue weighted by molar-refractivity contribution is -0.128. The number of Topliss-reactive ketones (excluding diaryl/α,β-unsaturated/α-hetero) is 1. The van der Waals surface area contributed by atoms with Gasteiger partial charge in [0.1, 0.15) is 11.8 Å². The summed E-state index contributed by atoms with van der Waals surface area (Å²) in [6.07, 6.45) is -0.0336. The van der Waals surface area contributed by atoms with Crippen molar-refractivity contribution >= 4 is 11.7 Å². The predicted molar refractivity (Wildman–Crippen MR) is 57.9 cm³/mol. The normalized spacial score (nSPS) is 20.6. The van der Waals surface area contributed by atoms with E-state index in [2.05, 4.69) is 0 Å². The monoisotopic (exact) mass is 219 g/mol. The summed E-state index contributed by atoms with van der Waals surface area (Å²) in [4.78, 5) is 24.8. The molecule has 1 aromatic carbocycles. The first-order valence-corrected chi connectivity index (χ1v) is 5.24. The minimum Gasteiger partial charge on any atom is -0.508 e. The van der Waals surface area contributed by atoms with Crippen LogP contribution in [0.25, 0.3) is 0 Å². The Morgan fingerprint density at radius 3 is 2.81 bits per heavy atom. The van der Waals surface area contributed by atoms with Crippen LogP contribution in [0.4, 0.5) is 0 Å². The highest BCUT2D eigenvalue weighted by atomic mass is 16.3. The third kappa shape index (κ3) is 1.66.